The van der Waals surface area contributed by atoms with Crippen LogP contribution in [0, 0.1) is 11.8 Å². The van der Waals surface area contributed by atoms with Crippen molar-refractivity contribution < 1.29 is 13.2 Å². The second-order valence-corrected chi connectivity index (χ2v) is 10.9. The molecular formula is C28H31NO3S. The Bertz CT molecular complexity index is 1190. The largest absolute Gasteiger partial charge is 0.368 e. The van der Waals surface area contributed by atoms with Gasteiger partial charge in [-0.05, 0) is 40.8 Å². The normalized spacial score (nSPS) is 12.8. The molecule has 0 aliphatic carbocycles. The highest BCUT2D eigenvalue weighted by Gasteiger charge is 2.27. The number of rotatable bonds is 7. The van der Waals surface area contributed by atoms with E-state index in [0.717, 1.165) is 11.1 Å². The Kier molecular flexibility index (Phi) is 8.10. The van der Waals surface area contributed by atoms with Crippen LogP contribution in [0.1, 0.15) is 43.4 Å². The van der Waals surface area contributed by atoms with Crippen molar-refractivity contribution in [1.29, 1.82) is 0 Å². The van der Waals surface area contributed by atoms with Crippen molar-refractivity contribution in [1.82, 2.24) is 4.31 Å². The maximum absolute atomic E-state index is 13.3. The Morgan fingerprint density at radius 2 is 1.45 bits per heavy atom. The minimum Gasteiger partial charge on any atom is -0.368 e. The van der Waals surface area contributed by atoms with Crippen molar-refractivity contribution in [2.24, 2.45) is 0 Å². The summed E-state index contributed by atoms with van der Waals surface area (Å²) in [6, 6.07) is 26.4. The average molecular weight is 462 g/mol. The molecule has 3 aromatic rings. The van der Waals surface area contributed by atoms with Gasteiger partial charge in [-0.3, -0.25) is 0 Å². The predicted octanol–water partition coefficient (Wildman–Crippen LogP) is 5.41. The molecule has 172 valence electrons. The molecule has 0 saturated carbocycles. The molecule has 4 nitrogen and oxygen atoms in total. The lowest BCUT2D eigenvalue weighted by Crippen LogP contribution is -2.36. The lowest BCUT2D eigenvalue weighted by Gasteiger charge is -2.25. The SMILES string of the molecule is COCN(C[C@H](C#Cc1ccccc1)c1ccc(C(C)(C)C)cc1)S(=O)(=O)c1ccccc1. The zero-order valence-electron chi connectivity index (χ0n) is 19.7. The van der Waals surface area contributed by atoms with Crippen molar-refractivity contribution in [3.63, 3.8) is 0 Å². The van der Waals surface area contributed by atoms with Crippen LogP contribution in [0.25, 0.3) is 0 Å². The van der Waals surface area contributed by atoms with Gasteiger partial charge in [-0.25, -0.2) is 8.42 Å². The van der Waals surface area contributed by atoms with Crippen LogP contribution in [0.5, 0.6) is 0 Å². The first-order valence-electron chi connectivity index (χ1n) is 10.9. The molecule has 3 rings (SSSR count). The van der Waals surface area contributed by atoms with Gasteiger partial charge in [0.15, 0.2) is 0 Å². The first kappa shape index (κ1) is 24.7. The lowest BCUT2D eigenvalue weighted by atomic mass is 9.85. The molecule has 0 aliphatic heterocycles. The summed E-state index contributed by atoms with van der Waals surface area (Å²) in [6.07, 6.45) is 0. The minimum absolute atomic E-state index is 0.0302. The fraction of sp³-hybridized carbons (Fsp3) is 0.286. The molecule has 3 aromatic carbocycles. The van der Waals surface area contributed by atoms with Gasteiger partial charge in [0.1, 0.15) is 6.73 Å². The first-order chi connectivity index (χ1) is 15.7. The van der Waals surface area contributed by atoms with Crippen molar-refractivity contribution >= 4 is 10.0 Å². The van der Waals surface area contributed by atoms with E-state index in [0.29, 0.717) is 0 Å². The van der Waals surface area contributed by atoms with E-state index in [9.17, 15) is 8.42 Å². The van der Waals surface area contributed by atoms with Crippen LogP contribution in [0.4, 0.5) is 0 Å². The fourth-order valence-electron chi connectivity index (χ4n) is 3.45. The van der Waals surface area contributed by atoms with Gasteiger partial charge in [-0.1, -0.05) is 93.3 Å². The molecule has 5 heteroatoms. The average Bonchev–Trinajstić information content (AvgIpc) is 2.82. The second-order valence-electron chi connectivity index (χ2n) is 8.93. The molecule has 0 amide bonds. The molecule has 0 N–H and O–H groups in total. The summed E-state index contributed by atoms with van der Waals surface area (Å²) >= 11 is 0. The standard InChI is InChI=1S/C28H31NO3S/c1-28(2,3)26-19-17-24(18-20-26)25(16-15-23-11-7-5-8-12-23)21-29(22-32-4)33(30,31)27-13-9-6-10-14-27/h5-14,17-20,25H,21-22H2,1-4H3/t25-/m0/s1. The zero-order chi connectivity index (χ0) is 23.9. The van der Waals surface area contributed by atoms with E-state index in [1.165, 1.54) is 17.0 Å². The number of sulfonamides is 1. The summed E-state index contributed by atoms with van der Waals surface area (Å²) in [5.41, 5.74) is 3.10. The highest BCUT2D eigenvalue weighted by Crippen LogP contribution is 2.26. The molecular weight excluding hydrogens is 430 g/mol. The number of nitrogens with zero attached hydrogens (tertiary/aromatic N) is 1. The Morgan fingerprint density at radius 1 is 0.879 bits per heavy atom. The fourth-order valence-corrected chi connectivity index (χ4v) is 4.84. The molecule has 0 aromatic heterocycles. The van der Waals surface area contributed by atoms with Crippen LogP contribution in [0.2, 0.25) is 0 Å². The van der Waals surface area contributed by atoms with Crippen molar-refractivity contribution in [3.8, 4) is 11.8 Å². The number of ether oxygens (including phenoxy) is 1. The van der Waals surface area contributed by atoms with Crippen molar-refractivity contribution in [2.75, 3.05) is 20.4 Å². The van der Waals surface area contributed by atoms with E-state index in [4.69, 9.17) is 4.74 Å². The minimum atomic E-state index is -3.74. The van der Waals surface area contributed by atoms with Gasteiger partial charge in [0.2, 0.25) is 10.0 Å². The van der Waals surface area contributed by atoms with Crippen LogP contribution in [-0.4, -0.2) is 33.1 Å². The molecule has 0 heterocycles. The molecule has 0 bridgehead atoms. The van der Waals surface area contributed by atoms with Crippen LogP contribution >= 0.6 is 0 Å². The zero-order valence-corrected chi connectivity index (χ0v) is 20.5. The maximum atomic E-state index is 13.3. The lowest BCUT2D eigenvalue weighted by molar-refractivity contribution is 0.116. The summed E-state index contributed by atoms with van der Waals surface area (Å²) in [4.78, 5) is 0.236. The topological polar surface area (TPSA) is 46.6 Å². The van der Waals surface area contributed by atoms with E-state index in [-0.39, 0.29) is 29.5 Å². The van der Waals surface area contributed by atoms with Crippen molar-refractivity contribution in [3.05, 3.63) is 102 Å². The molecule has 1 atom stereocenters. The summed E-state index contributed by atoms with van der Waals surface area (Å²) in [7, 11) is -2.24. The van der Waals surface area contributed by atoms with E-state index < -0.39 is 10.0 Å². The predicted molar refractivity (Wildman–Crippen MR) is 133 cm³/mol. The molecule has 0 spiro atoms. The molecule has 33 heavy (non-hydrogen) atoms. The van der Waals surface area contributed by atoms with Crippen LogP contribution in [0.3, 0.4) is 0 Å². The molecule has 0 aliphatic rings. The Hall–Kier alpha value is -2.91. The Morgan fingerprint density at radius 3 is 2.00 bits per heavy atom. The molecule has 0 fully saturated rings. The first-order valence-corrected chi connectivity index (χ1v) is 12.4. The highest BCUT2D eigenvalue weighted by molar-refractivity contribution is 7.89. The van der Waals surface area contributed by atoms with Crippen LogP contribution in [0.15, 0.2) is 89.8 Å². The third-order valence-corrected chi connectivity index (χ3v) is 7.19. The van der Waals surface area contributed by atoms with Crippen LogP contribution < -0.4 is 0 Å². The number of methoxy groups -OCH3 is 1. The smallest absolute Gasteiger partial charge is 0.245 e. The van der Waals surface area contributed by atoms with Gasteiger partial charge in [0.05, 0.1) is 10.8 Å². The molecule has 0 radical (unpaired) electrons. The van der Waals surface area contributed by atoms with Gasteiger partial charge in [-0.2, -0.15) is 4.31 Å². The van der Waals surface area contributed by atoms with Gasteiger partial charge in [-0.15, -0.1) is 0 Å². The third-order valence-electron chi connectivity index (χ3n) is 5.38. The van der Waals surface area contributed by atoms with Crippen molar-refractivity contribution in [2.45, 2.75) is 37.0 Å². The summed E-state index contributed by atoms with van der Waals surface area (Å²) in [5, 5.41) is 0. The van der Waals surface area contributed by atoms with Crippen LogP contribution in [-0.2, 0) is 20.2 Å². The van der Waals surface area contributed by atoms with Gasteiger partial charge >= 0.3 is 0 Å². The number of benzene rings is 3. The summed E-state index contributed by atoms with van der Waals surface area (Å²) in [5.74, 6) is 6.20. The third kappa shape index (κ3) is 6.55. The Balaban J connectivity index is 1.99. The molecule has 0 saturated heterocycles. The molecule has 0 unspecified atom stereocenters. The highest BCUT2D eigenvalue weighted by atomic mass is 32.2. The Labute approximate surface area is 198 Å². The number of hydrogen-bond acceptors (Lipinski definition) is 3. The van der Waals surface area contributed by atoms with Gasteiger partial charge in [0.25, 0.3) is 0 Å². The second kappa shape index (κ2) is 10.8. The number of hydrogen-bond donors (Lipinski definition) is 0. The van der Waals surface area contributed by atoms with Gasteiger partial charge < -0.3 is 4.74 Å². The van der Waals surface area contributed by atoms with E-state index in [1.807, 2.05) is 42.5 Å². The van der Waals surface area contributed by atoms with E-state index in [1.54, 1.807) is 30.3 Å². The summed E-state index contributed by atoms with van der Waals surface area (Å²) in [6.45, 7) is 6.63. The van der Waals surface area contributed by atoms with Gasteiger partial charge in [0, 0.05) is 19.2 Å². The monoisotopic (exact) mass is 461 g/mol. The summed E-state index contributed by atoms with van der Waals surface area (Å²) < 4.78 is 33.3. The van der Waals surface area contributed by atoms with E-state index >= 15 is 0 Å². The quantitative estimate of drug-likeness (QED) is 0.349. The maximum Gasteiger partial charge on any atom is 0.245 e. The van der Waals surface area contributed by atoms with E-state index in [2.05, 4.69) is 44.7 Å².